The van der Waals surface area contributed by atoms with Gasteiger partial charge in [0.15, 0.2) is 0 Å². The number of carbonyl (C=O) groups is 2. The summed E-state index contributed by atoms with van der Waals surface area (Å²) in [7, 11) is 1.59. The highest BCUT2D eigenvalue weighted by molar-refractivity contribution is 8.00. The Kier molecular flexibility index (Phi) is 6.26. The lowest BCUT2D eigenvalue weighted by Gasteiger charge is -2.13. The molecule has 2 aromatic carbocycles. The maximum atomic E-state index is 12.3. The van der Waals surface area contributed by atoms with E-state index in [-0.39, 0.29) is 17.1 Å². The molecule has 2 rings (SSSR count). The van der Waals surface area contributed by atoms with Crippen LogP contribution in [0.1, 0.15) is 13.8 Å². The molecular weight excluding hydrogens is 324 g/mol. The first kappa shape index (κ1) is 17.9. The SMILES string of the molecule is COc1cccc(NC(=O)[C@H](C)Sc2ccc(NC(C)=O)cc2)c1. The molecule has 0 saturated carbocycles. The zero-order valence-electron chi connectivity index (χ0n) is 13.8. The highest BCUT2D eigenvalue weighted by Crippen LogP contribution is 2.26. The van der Waals surface area contributed by atoms with E-state index in [9.17, 15) is 9.59 Å². The molecule has 0 aromatic heterocycles. The van der Waals surface area contributed by atoms with Crippen molar-refractivity contribution in [3.05, 3.63) is 48.5 Å². The molecule has 0 radical (unpaired) electrons. The van der Waals surface area contributed by atoms with E-state index >= 15 is 0 Å². The number of carbonyl (C=O) groups excluding carboxylic acids is 2. The summed E-state index contributed by atoms with van der Waals surface area (Å²) in [5.41, 5.74) is 1.44. The Balaban J connectivity index is 1.94. The molecular formula is C18H20N2O3S. The third-order valence-corrected chi connectivity index (χ3v) is 4.31. The first-order chi connectivity index (χ1) is 11.5. The Bertz CT molecular complexity index is 716. The van der Waals surface area contributed by atoms with E-state index < -0.39 is 0 Å². The molecule has 24 heavy (non-hydrogen) atoms. The van der Waals surface area contributed by atoms with Gasteiger partial charge in [-0.1, -0.05) is 6.07 Å². The fourth-order valence-electron chi connectivity index (χ4n) is 2.02. The quantitative estimate of drug-likeness (QED) is 0.783. The van der Waals surface area contributed by atoms with Crippen LogP contribution < -0.4 is 15.4 Å². The van der Waals surface area contributed by atoms with Gasteiger partial charge in [-0.2, -0.15) is 0 Å². The number of anilines is 2. The Morgan fingerprint density at radius 3 is 2.38 bits per heavy atom. The zero-order valence-corrected chi connectivity index (χ0v) is 14.6. The van der Waals surface area contributed by atoms with Gasteiger partial charge in [-0.15, -0.1) is 11.8 Å². The fourth-order valence-corrected chi connectivity index (χ4v) is 2.89. The van der Waals surface area contributed by atoms with E-state index in [1.54, 1.807) is 13.2 Å². The van der Waals surface area contributed by atoms with Gasteiger partial charge >= 0.3 is 0 Å². The second-order valence-corrected chi connectivity index (χ2v) is 6.60. The van der Waals surface area contributed by atoms with Crippen molar-refractivity contribution in [2.45, 2.75) is 24.0 Å². The first-order valence-corrected chi connectivity index (χ1v) is 8.35. The summed E-state index contributed by atoms with van der Waals surface area (Å²) >= 11 is 1.45. The highest BCUT2D eigenvalue weighted by atomic mass is 32.2. The number of ether oxygens (including phenoxy) is 1. The maximum Gasteiger partial charge on any atom is 0.237 e. The van der Waals surface area contributed by atoms with Crippen LogP contribution in [-0.4, -0.2) is 24.2 Å². The predicted octanol–water partition coefficient (Wildman–Crippen LogP) is 3.77. The van der Waals surface area contributed by atoms with Crippen LogP contribution in [0.3, 0.4) is 0 Å². The number of rotatable bonds is 6. The molecule has 0 spiro atoms. The molecule has 126 valence electrons. The molecule has 2 aromatic rings. The zero-order chi connectivity index (χ0) is 17.5. The minimum Gasteiger partial charge on any atom is -0.497 e. The second-order valence-electron chi connectivity index (χ2n) is 5.19. The van der Waals surface area contributed by atoms with Crippen molar-refractivity contribution >= 4 is 35.0 Å². The van der Waals surface area contributed by atoms with Crippen molar-refractivity contribution < 1.29 is 14.3 Å². The van der Waals surface area contributed by atoms with E-state index in [2.05, 4.69) is 10.6 Å². The lowest BCUT2D eigenvalue weighted by atomic mass is 10.3. The predicted molar refractivity (Wildman–Crippen MR) is 97.7 cm³/mol. The Morgan fingerprint density at radius 2 is 1.75 bits per heavy atom. The average molecular weight is 344 g/mol. The molecule has 2 amide bonds. The summed E-state index contributed by atoms with van der Waals surface area (Å²) in [4.78, 5) is 24.3. The van der Waals surface area contributed by atoms with Gasteiger partial charge < -0.3 is 15.4 Å². The number of nitrogens with one attached hydrogen (secondary N) is 2. The number of hydrogen-bond acceptors (Lipinski definition) is 4. The normalized spacial score (nSPS) is 11.5. The molecule has 0 fully saturated rings. The van der Waals surface area contributed by atoms with E-state index in [0.29, 0.717) is 11.4 Å². The van der Waals surface area contributed by atoms with Crippen molar-refractivity contribution in [3.8, 4) is 5.75 Å². The van der Waals surface area contributed by atoms with Gasteiger partial charge in [-0.25, -0.2) is 0 Å². The molecule has 0 aliphatic rings. The van der Waals surface area contributed by atoms with Crippen LogP contribution in [0.15, 0.2) is 53.4 Å². The molecule has 0 unspecified atom stereocenters. The summed E-state index contributed by atoms with van der Waals surface area (Å²) in [5.74, 6) is 0.502. The number of thioether (sulfide) groups is 1. The second kappa shape index (κ2) is 8.40. The summed E-state index contributed by atoms with van der Waals surface area (Å²) in [5, 5.41) is 5.33. The minimum atomic E-state index is -0.261. The molecule has 0 saturated heterocycles. The molecule has 0 aliphatic heterocycles. The van der Waals surface area contributed by atoms with Crippen LogP contribution in [0.25, 0.3) is 0 Å². The average Bonchev–Trinajstić information content (AvgIpc) is 2.56. The van der Waals surface area contributed by atoms with Gasteiger partial charge in [0, 0.05) is 29.3 Å². The van der Waals surface area contributed by atoms with Gasteiger partial charge in [0.25, 0.3) is 0 Å². The van der Waals surface area contributed by atoms with Gasteiger partial charge in [0.1, 0.15) is 5.75 Å². The van der Waals surface area contributed by atoms with E-state index in [0.717, 1.165) is 10.6 Å². The lowest BCUT2D eigenvalue weighted by molar-refractivity contribution is -0.115. The number of amides is 2. The molecule has 1 atom stereocenters. The molecule has 5 nitrogen and oxygen atoms in total. The van der Waals surface area contributed by atoms with Crippen LogP contribution in [0.4, 0.5) is 11.4 Å². The minimum absolute atomic E-state index is 0.0841. The molecule has 6 heteroatoms. The molecule has 2 N–H and O–H groups in total. The van der Waals surface area contributed by atoms with Gasteiger partial charge in [-0.05, 0) is 43.3 Å². The standard InChI is InChI=1S/C18H20N2O3S/c1-12(18(22)20-15-5-4-6-16(11-15)23-3)24-17-9-7-14(8-10-17)19-13(2)21/h4-12H,1-3H3,(H,19,21)(H,20,22)/t12-/m0/s1. The topological polar surface area (TPSA) is 67.4 Å². The van der Waals surface area contributed by atoms with Crippen molar-refractivity contribution in [2.75, 3.05) is 17.7 Å². The van der Waals surface area contributed by atoms with Crippen molar-refractivity contribution in [1.29, 1.82) is 0 Å². The van der Waals surface area contributed by atoms with Crippen LogP contribution in [0.5, 0.6) is 5.75 Å². The number of methoxy groups -OCH3 is 1. The number of benzene rings is 2. The Hall–Kier alpha value is -2.47. The lowest BCUT2D eigenvalue weighted by Crippen LogP contribution is -2.22. The third-order valence-electron chi connectivity index (χ3n) is 3.19. The van der Waals surface area contributed by atoms with Gasteiger partial charge in [-0.3, -0.25) is 9.59 Å². The maximum absolute atomic E-state index is 12.3. The van der Waals surface area contributed by atoms with Crippen molar-refractivity contribution in [1.82, 2.24) is 0 Å². The van der Waals surface area contributed by atoms with Crippen LogP contribution in [0.2, 0.25) is 0 Å². The highest BCUT2D eigenvalue weighted by Gasteiger charge is 2.15. The van der Waals surface area contributed by atoms with E-state index in [4.69, 9.17) is 4.74 Å². The van der Waals surface area contributed by atoms with E-state index in [1.165, 1.54) is 18.7 Å². The van der Waals surface area contributed by atoms with Crippen LogP contribution in [-0.2, 0) is 9.59 Å². The third kappa shape index (κ3) is 5.31. The Labute approximate surface area is 145 Å². The largest absolute Gasteiger partial charge is 0.497 e. The summed E-state index contributed by atoms with van der Waals surface area (Å²) < 4.78 is 5.14. The fraction of sp³-hybridized carbons (Fsp3) is 0.222. The molecule has 0 aliphatic carbocycles. The van der Waals surface area contributed by atoms with Crippen LogP contribution >= 0.6 is 11.8 Å². The van der Waals surface area contributed by atoms with Crippen molar-refractivity contribution in [3.63, 3.8) is 0 Å². The van der Waals surface area contributed by atoms with E-state index in [1.807, 2.05) is 49.4 Å². The summed E-state index contributed by atoms with van der Waals surface area (Å²) in [6.07, 6.45) is 0. The van der Waals surface area contributed by atoms with Gasteiger partial charge in [0.05, 0.1) is 12.4 Å². The summed E-state index contributed by atoms with van der Waals surface area (Å²) in [6.45, 7) is 3.32. The van der Waals surface area contributed by atoms with Crippen LogP contribution in [0, 0.1) is 0 Å². The van der Waals surface area contributed by atoms with Gasteiger partial charge in [0.2, 0.25) is 11.8 Å². The van der Waals surface area contributed by atoms with Crippen molar-refractivity contribution in [2.24, 2.45) is 0 Å². The molecule has 0 heterocycles. The molecule has 0 bridgehead atoms. The monoisotopic (exact) mass is 344 g/mol. The number of hydrogen-bond donors (Lipinski definition) is 2. The summed E-state index contributed by atoms with van der Waals surface area (Å²) in [6, 6.07) is 14.6. The Morgan fingerprint density at radius 1 is 1.04 bits per heavy atom. The smallest absolute Gasteiger partial charge is 0.237 e. The first-order valence-electron chi connectivity index (χ1n) is 7.47.